The van der Waals surface area contributed by atoms with Gasteiger partial charge in [0.15, 0.2) is 10.7 Å². The van der Waals surface area contributed by atoms with Gasteiger partial charge < -0.3 is 10.4 Å². The number of fused-ring (bicyclic) bond motifs is 1. The van der Waals surface area contributed by atoms with Gasteiger partial charge in [-0.2, -0.15) is 9.40 Å². The highest BCUT2D eigenvalue weighted by Crippen LogP contribution is 2.33. The highest BCUT2D eigenvalue weighted by Gasteiger charge is 2.38. The lowest BCUT2D eigenvalue weighted by atomic mass is 10.1. The molecule has 1 atom stereocenters. The summed E-state index contributed by atoms with van der Waals surface area (Å²) >= 11 is 0. The minimum atomic E-state index is -4.04. The molecule has 2 N–H and O–H groups in total. The van der Waals surface area contributed by atoms with Crippen LogP contribution in [0.4, 0.5) is 4.39 Å². The summed E-state index contributed by atoms with van der Waals surface area (Å²) in [5.74, 6) is -1.99. The van der Waals surface area contributed by atoms with E-state index in [4.69, 9.17) is 0 Å². The third-order valence-corrected chi connectivity index (χ3v) is 8.51. The minimum absolute atomic E-state index is 0.00940. The first-order valence-electron chi connectivity index (χ1n) is 11.3. The molecule has 13 heteroatoms. The maximum Gasteiger partial charge on any atom is 0.296 e. The fourth-order valence-corrected chi connectivity index (χ4v) is 6.10. The first-order chi connectivity index (χ1) is 16.9. The number of nitrogens with zero attached hydrogens (tertiary/aromatic N) is 5. The Morgan fingerprint density at radius 3 is 2.56 bits per heavy atom. The Morgan fingerprint density at radius 2 is 1.94 bits per heavy atom. The van der Waals surface area contributed by atoms with Crippen molar-refractivity contribution in [3.05, 3.63) is 68.8 Å². The van der Waals surface area contributed by atoms with Crippen LogP contribution >= 0.6 is 0 Å². The quantitative estimate of drug-likeness (QED) is 0.504. The van der Waals surface area contributed by atoms with Gasteiger partial charge in [-0.15, -0.1) is 0 Å². The zero-order valence-electron chi connectivity index (χ0n) is 20.3. The molecule has 1 aliphatic heterocycles. The second-order valence-corrected chi connectivity index (χ2v) is 10.7. The van der Waals surface area contributed by atoms with Crippen LogP contribution in [0.5, 0.6) is 5.75 Å². The summed E-state index contributed by atoms with van der Waals surface area (Å²) in [6.07, 6.45) is 0.831. The maximum absolute atomic E-state index is 13.5. The third-order valence-electron chi connectivity index (χ3n) is 6.43. The average molecular weight is 519 g/mol. The number of halogens is 1. The predicted molar refractivity (Wildman–Crippen MR) is 127 cm³/mol. The van der Waals surface area contributed by atoms with Crippen LogP contribution in [0, 0.1) is 19.7 Å². The number of carbonyl (C=O) groups is 1. The van der Waals surface area contributed by atoms with Crippen LogP contribution in [0.2, 0.25) is 0 Å². The summed E-state index contributed by atoms with van der Waals surface area (Å²) in [5.41, 5.74) is 0.364. The zero-order valence-corrected chi connectivity index (χ0v) is 21.1. The first-order valence-corrected chi connectivity index (χ1v) is 12.7. The van der Waals surface area contributed by atoms with E-state index in [9.17, 15) is 27.5 Å². The van der Waals surface area contributed by atoms with Crippen LogP contribution < -0.4 is 10.9 Å². The number of hydrogen-bond acceptors (Lipinski definition) is 7. The largest absolute Gasteiger partial charge is 0.501 e. The molecule has 0 radical (unpaired) electrons. The molecule has 4 rings (SSSR count). The first kappa shape index (κ1) is 25.5. The van der Waals surface area contributed by atoms with E-state index in [1.54, 1.807) is 20.9 Å². The van der Waals surface area contributed by atoms with Crippen molar-refractivity contribution in [3.8, 4) is 5.75 Å². The molecule has 1 unspecified atom stereocenters. The lowest BCUT2D eigenvalue weighted by Gasteiger charge is -2.32. The zero-order chi connectivity index (χ0) is 26.4. The molecule has 0 saturated heterocycles. The predicted octanol–water partition coefficient (Wildman–Crippen LogP) is 1.52. The summed E-state index contributed by atoms with van der Waals surface area (Å²) < 4.78 is 43.8. The molecule has 36 heavy (non-hydrogen) atoms. The molecule has 1 aromatic carbocycles. The van der Waals surface area contributed by atoms with Crippen LogP contribution in [0.1, 0.15) is 52.0 Å². The summed E-state index contributed by atoms with van der Waals surface area (Å²) in [6.45, 7) is 3.61. The van der Waals surface area contributed by atoms with E-state index < -0.39 is 44.8 Å². The number of aromatic hydroxyl groups is 1. The number of rotatable bonds is 6. The molecule has 11 nitrogen and oxygen atoms in total. The molecular formula is C23H27FN6O5S. The summed E-state index contributed by atoms with van der Waals surface area (Å²) in [6, 6.07) is 4.62. The van der Waals surface area contributed by atoms with Crippen molar-refractivity contribution in [3.63, 3.8) is 0 Å². The Morgan fingerprint density at radius 1 is 1.28 bits per heavy atom. The van der Waals surface area contributed by atoms with Gasteiger partial charge in [-0.3, -0.25) is 18.8 Å². The van der Waals surface area contributed by atoms with Gasteiger partial charge >= 0.3 is 0 Å². The number of hydrogen-bond donors (Lipinski definition) is 2. The Hall–Kier alpha value is -3.58. The molecule has 0 bridgehead atoms. The van der Waals surface area contributed by atoms with Crippen molar-refractivity contribution in [2.24, 2.45) is 7.05 Å². The van der Waals surface area contributed by atoms with Gasteiger partial charge in [-0.25, -0.2) is 17.8 Å². The molecular weight excluding hydrogens is 491 g/mol. The highest BCUT2D eigenvalue weighted by molar-refractivity contribution is 7.89. The van der Waals surface area contributed by atoms with E-state index in [1.807, 2.05) is 0 Å². The van der Waals surface area contributed by atoms with Crippen molar-refractivity contribution >= 4 is 15.9 Å². The molecule has 1 amide bonds. The van der Waals surface area contributed by atoms with E-state index in [-0.39, 0.29) is 23.9 Å². The molecule has 192 valence electrons. The van der Waals surface area contributed by atoms with Crippen LogP contribution in [0.15, 0.2) is 34.1 Å². The minimum Gasteiger partial charge on any atom is -0.501 e. The Kier molecular flexibility index (Phi) is 6.71. The van der Waals surface area contributed by atoms with Gasteiger partial charge in [-0.1, -0.05) is 12.1 Å². The Balaban J connectivity index is 1.70. The molecule has 0 aliphatic carbocycles. The molecule has 2 aromatic heterocycles. The fraction of sp³-hybridized carbons (Fsp3) is 0.391. The monoisotopic (exact) mass is 518 g/mol. The van der Waals surface area contributed by atoms with E-state index in [0.717, 1.165) is 4.31 Å². The second kappa shape index (κ2) is 9.47. The van der Waals surface area contributed by atoms with Crippen molar-refractivity contribution in [2.75, 3.05) is 7.05 Å². The van der Waals surface area contributed by atoms with E-state index in [0.29, 0.717) is 29.7 Å². The fourth-order valence-electron chi connectivity index (χ4n) is 4.38. The van der Waals surface area contributed by atoms with Gasteiger partial charge in [0.1, 0.15) is 11.6 Å². The van der Waals surface area contributed by atoms with Crippen molar-refractivity contribution < 1.29 is 22.7 Å². The van der Waals surface area contributed by atoms with Crippen LogP contribution in [-0.2, 0) is 30.2 Å². The van der Waals surface area contributed by atoms with Crippen molar-refractivity contribution in [1.29, 1.82) is 0 Å². The number of sulfonamides is 1. The molecule has 0 fully saturated rings. The number of amides is 1. The summed E-state index contributed by atoms with van der Waals surface area (Å²) in [4.78, 5) is 30.0. The van der Waals surface area contributed by atoms with E-state index in [2.05, 4.69) is 15.4 Å². The van der Waals surface area contributed by atoms with Crippen molar-refractivity contribution in [1.82, 2.24) is 29.0 Å². The summed E-state index contributed by atoms with van der Waals surface area (Å²) in [7, 11) is -1.11. The van der Waals surface area contributed by atoms with Gasteiger partial charge in [0.25, 0.3) is 21.5 Å². The van der Waals surface area contributed by atoms with Gasteiger partial charge in [0.2, 0.25) is 5.75 Å². The average Bonchev–Trinajstić information content (AvgIpc) is 3.11. The smallest absolute Gasteiger partial charge is 0.296 e. The number of carbonyl (C=O) groups excluding carboxylic acids is 1. The SMILES string of the molecule is Cc1nn(C)c(S(=O)(=O)N(C)C2CCCn3c2nc(C(=O)NCc2ccc(F)cc2)c(O)c3=O)c1C. The number of nitrogens with one attached hydrogen (secondary N) is 1. The lowest BCUT2D eigenvalue weighted by Crippen LogP contribution is -2.41. The topological polar surface area (TPSA) is 139 Å². The maximum atomic E-state index is 13.5. The van der Waals surface area contributed by atoms with Crippen LogP contribution in [0.25, 0.3) is 0 Å². The highest BCUT2D eigenvalue weighted by atomic mass is 32.2. The standard InChI is InChI=1S/C23H27FN6O5S/c1-13-14(2)27-28(3)23(13)36(34,35)29(4)17-6-5-11-30-20(17)26-18(19(31)22(30)33)21(32)25-12-15-7-9-16(24)10-8-15/h7-10,17,31H,5-6,11-12H2,1-4H3,(H,25,32). The Bertz CT molecular complexity index is 1500. The second-order valence-electron chi connectivity index (χ2n) is 8.75. The number of benzene rings is 1. The molecule has 0 saturated carbocycles. The number of aromatic nitrogens is 4. The third kappa shape index (κ3) is 4.39. The molecule has 0 spiro atoms. The lowest BCUT2D eigenvalue weighted by molar-refractivity contribution is 0.0940. The van der Waals surface area contributed by atoms with Gasteiger partial charge in [-0.05, 0) is 44.4 Å². The van der Waals surface area contributed by atoms with Crippen LogP contribution in [0.3, 0.4) is 0 Å². The van der Waals surface area contributed by atoms with Crippen molar-refractivity contribution in [2.45, 2.75) is 50.8 Å². The summed E-state index contributed by atoms with van der Waals surface area (Å²) in [5, 5.41) is 17.2. The molecule has 3 aromatic rings. The Labute approximate surface area is 207 Å². The molecule has 1 aliphatic rings. The van der Waals surface area contributed by atoms with Gasteiger partial charge in [0.05, 0.1) is 11.7 Å². The molecule has 3 heterocycles. The van der Waals surface area contributed by atoms with E-state index >= 15 is 0 Å². The van der Waals surface area contributed by atoms with E-state index in [1.165, 1.54) is 40.6 Å². The number of aryl methyl sites for hydroxylation is 2. The normalized spacial score (nSPS) is 15.7. The van der Waals surface area contributed by atoms with Gasteiger partial charge in [0, 0.05) is 32.7 Å². The van der Waals surface area contributed by atoms with Crippen LogP contribution in [-0.4, -0.2) is 50.1 Å².